The molecule has 0 amide bonds. The summed E-state index contributed by atoms with van der Waals surface area (Å²) in [5, 5.41) is 15.9. The number of nitrogens with zero attached hydrogens (tertiary/aromatic N) is 6. The van der Waals surface area contributed by atoms with Crippen LogP contribution in [-0.2, 0) is 20.9 Å². The van der Waals surface area contributed by atoms with Crippen LogP contribution in [0.5, 0.6) is 0 Å². The molecule has 0 saturated carbocycles. The Kier molecular flexibility index (Phi) is 5.35. The highest BCUT2D eigenvalue weighted by atomic mass is 32.1. The first-order valence-corrected chi connectivity index (χ1v) is 10.8. The van der Waals surface area contributed by atoms with Gasteiger partial charge in [0, 0.05) is 25.0 Å². The highest BCUT2D eigenvalue weighted by Crippen LogP contribution is 2.39. The molecule has 1 unspecified atom stereocenters. The monoisotopic (exact) mass is 439 g/mol. The summed E-state index contributed by atoms with van der Waals surface area (Å²) >= 11 is 1.52. The lowest BCUT2D eigenvalue weighted by atomic mass is 10.0. The van der Waals surface area contributed by atoms with Crippen molar-refractivity contribution in [1.29, 1.82) is 0 Å². The van der Waals surface area contributed by atoms with Gasteiger partial charge in [-0.3, -0.25) is 0 Å². The molecule has 1 atom stereocenters. The molecule has 0 bridgehead atoms. The first-order valence-electron chi connectivity index (χ1n) is 9.96. The molecule has 1 saturated heterocycles. The van der Waals surface area contributed by atoms with Crippen LogP contribution in [0.4, 0.5) is 11.1 Å². The number of rotatable bonds is 5. The van der Waals surface area contributed by atoms with Gasteiger partial charge in [-0.2, -0.15) is 4.68 Å². The average molecular weight is 440 g/mol. The maximum absolute atomic E-state index is 13.2. The lowest BCUT2D eigenvalue weighted by Gasteiger charge is -2.27. The second-order valence-electron chi connectivity index (χ2n) is 7.22. The van der Waals surface area contributed by atoms with Crippen LogP contribution in [0.1, 0.15) is 23.4 Å². The van der Waals surface area contributed by atoms with E-state index in [-0.39, 0.29) is 6.61 Å². The Bertz CT molecular complexity index is 1100. The summed E-state index contributed by atoms with van der Waals surface area (Å²) in [6.45, 7) is 4.94. The molecule has 1 aromatic carbocycles. The molecule has 10 nitrogen and oxygen atoms in total. The van der Waals surface area contributed by atoms with Crippen molar-refractivity contribution in [2.75, 3.05) is 36.5 Å². The van der Waals surface area contributed by atoms with Crippen LogP contribution < -0.4 is 10.2 Å². The molecule has 0 radical (unpaired) electrons. The minimum absolute atomic E-state index is 0.188. The van der Waals surface area contributed by atoms with Crippen molar-refractivity contribution in [1.82, 2.24) is 25.2 Å². The summed E-state index contributed by atoms with van der Waals surface area (Å²) in [5.41, 5.74) is 2.05. The molecular formula is C20H21N7O3S. The van der Waals surface area contributed by atoms with Crippen molar-refractivity contribution in [3.63, 3.8) is 0 Å². The lowest BCUT2D eigenvalue weighted by Crippen LogP contribution is -2.36. The van der Waals surface area contributed by atoms with Crippen molar-refractivity contribution in [3.05, 3.63) is 58.2 Å². The van der Waals surface area contributed by atoms with E-state index in [2.05, 4.69) is 30.7 Å². The van der Waals surface area contributed by atoms with Gasteiger partial charge in [0.25, 0.3) is 0 Å². The third-order valence-electron chi connectivity index (χ3n) is 5.21. The molecule has 2 aliphatic heterocycles. The van der Waals surface area contributed by atoms with E-state index in [1.807, 2.05) is 37.3 Å². The molecular weight excluding hydrogens is 418 g/mol. The number of tetrazole rings is 1. The van der Waals surface area contributed by atoms with Crippen molar-refractivity contribution in [2.45, 2.75) is 19.6 Å². The summed E-state index contributed by atoms with van der Waals surface area (Å²) in [4.78, 5) is 20.8. The Balaban J connectivity index is 1.44. The van der Waals surface area contributed by atoms with Crippen LogP contribution in [0.3, 0.4) is 0 Å². The van der Waals surface area contributed by atoms with Crippen LogP contribution >= 0.6 is 11.3 Å². The Morgan fingerprint density at radius 2 is 2.10 bits per heavy atom. The second kappa shape index (κ2) is 8.44. The number of hydrogen-bond acceptors (Lipinski definition) is 10. The second-order valence-corrected chi connectivity index (χ2v) is 8.26. The van der Waals surface area contributed by atoms with Crippen LogP contribution in [0, 0.1) is 0 Å². The Morgan fingerprint density at radius 3 is 2.90 bits per heavy atom. The van der Waals surface area contributed by atoms with E-state index in [9.17, 15) is 4.79 Å². The molecule has 1 N–H and O–H groups in total. The zero-order valence-corrected chi connectivity index (χ0v) is 17.7. The number of esters is 1. The normalized spacial score (nSPS) is 18.5. The number of aromatic nitrogens is 5. The van der Waals surface area contributed by atoms with Gasteiger partial charge in [0.15, 0.2) is 5.13 Å². The SMILES string of the molecule is CC1=C(C(=O)OCc2ccccc2)C(c2cnc(N3CCOCC3)s2)n2nnnc2N1. The fraction of sp³-hybridized carbons (Fsp3) is 0.350. The molecule has 11 heteroatoms. The number of carbonyl (C=O) groups is 1. The summed E-state index contributed by atoms with van der Waals surface area (Å²) in [7, 11) is 0. The van der Waals surface area contributed by atoms with E-state index in [1.165, 1.54) is 11.3 Å². The highest BCUT2D eigenvalue weighted by molar-refractivity contribution is 7.15. The summed E-state index contributed by atoms with van der Waals surface area (Å²) in [6.07, 6.45) is 1.79. The van der Waals surface area contributed by atoms with Gasteiger partial charge in [0.2, 0.25) is 5.95 Å². The van der Waals surface area contributed by atoms with Crippen LogP contribution in [0.2, 0.25) is 0 Å². The van der Waals surface area contributed by atoms with Crippen LogP contribution in [0.25, 0.3) is 0 Å². The largest absolute Gasteiger partial charge is 0.457 e. The number of fused-ring (bicyclic) bond motifs is 1. The van der Waals surface area contributed by atoms with Gasteiger partial charge in [-0.1, -0.05) is 46.8 Å². The van der Waals surface area contributed by atoms with E-state index in [1.54, 1.807) is 10.9 Å². The van der Waals surface area contributed by atoms with E-state index < -0.39 is 12.0 Å². The molecule has 1 fully saturated rings. The maximum Gasteiger partial charge on any atom is 0.338 e. The third kappa shape index (κ3) is 3.89. The summed E-state index contributed by atoms with van der Waals surface area (Å²) in [6, 6.07) is 9.08. The number of nitrogens with one attached hydrogen (secondary N) is 1. The highest BCUT2D eigenvalue weighted by Gasteiger charge is 2.36. The van der Waals surface area contributed by atoms with Crippen molar-refractivity contribution in [3.8, 4) is 0 Å². The Hall–Kier alpha value is -3.31. The predicted molar refractivity (Wildman–Crippen MR) is 114 cm³/mol. The number of benzene rings is 1. The fourth-order valence-corrected chi connectivity index (χ4v) is 4.71. The molecule has 2 aliphatic rings. The first kappa shape index (κ1) is 19.6. The number of morpholine rings is 1. The molecule has 31 heavy (non-hydrogen) atoms. The summed E-state index contributed by atoms with van der Waals surface area (Å²) in [5.74, 6) is 0.0600. The van der Waals surface area contributed by atoms with Gasteiger partial charge in [-0.05, 0) is 22.9 Å². The van der Waals surface area contributed by atoms with Crippen molar-refractivity contribution >= 4 is 28.4 Å². The van der Waals surface area contributed by atoms with Gasteiger partial charge in [0.05, 0.1) is 23.7 Å². The van der Waals surface area contributed by atoms with Crippen molar-refractivity contribution < 1.29 is 14.3 Å². The summed E-state index contributed by atoms with van der Waals surface area (Å²) < 4.78 is 12.7. The maximum atomic E-state index is 13.2. The van der Waals surface area contributed by atoms with E-state index in [0.29, 0.717) is 30.4 Å². The molecule has 2 aromatic heterocycles. The lowest BCUT2D eigenvalue weighted by molar-refractivity contribution is -0.140. The van der Waals surface area contributed by atoms with E-state index in [0.717, 1.165) is 28.7 Å². The van der Waals surface area contributed by atoms with Gasteiger partial charge < -0.3 is 19.7 Å². The first-order chi connectivity index (χ1) is 15.2. The van der Waals surface area contributed by atoms with Gasteiger partial charge in [-0.25, -0.2) is 9.78 Å². The van der Waals surface area contributed by atoms with Crippen molar-refractivity contribution in [2.24, 2.45) is 0 Å². The fourth-order valence-electron chi connectivity index (χ4n) is 3.64. The van der Waals surface area contributed by atoms with Crippen LogP contribution in [0.15, 0.2) is 47.8 Å². The standard InChI is InChI=1S/C20H21N7O3S/c1-13-16(18(28)30-12-14-5-3-2-4-6-14)17(27-19(22-13)23-24-25-27)15-11-21-20(31-15)26-7-9-29-10-8-26/h2-6,11,17H,7-10,12H2,1H3,(H,22,23,25). The zero-order valence-electron chi connectivity index (χ0n) is 16.9. The predicted octanol–water partition coefficient (Wildman–Crippen LogP) is 2.00. The topological polar surface area (TPSA) is 107 Å². The average Bonchev–Trinajstić information content (AvgIpc) is 3.47. The van der Waals surface area contributed by atoms with Gasteiger partial charge >= 0.3 is 5.97 Å². The minimum Gasteiger partial charge on any atom is -0.457 e. The minimum atomic E-state index is -0.512. The number of anilines is 2. The van der Waals surface area contributed by atoms with E-state index >= 15 is 0 Å². The Morgan fingerprint density at radius 1 is 1.29 bits per heavy atom. The molecule has 4 heterocycles. The molecule has 0 aliphatic carbocycles. The Labute approximate surface area is 182 Å². The number of allylic oxidation sites excluding steroid dienone is 1. The number of thiazole rings is 1. The molecule has 0 spiro atoms. The molecule has 5 rings (SSSR count). The quantitative estimate of drug-likeness (QED) is 0.597. The number of carbonyl (C=O) groups excluding carboxylic acids is 1. The number of ether oxygens (including phenoxy) is 2. The smallest absolute Gasteiger partial charge is 0.338 e. The molecule has 3 aromatic rings. The number of hydrogen-bond donors (Lipinski definition) is 1. The van der Waals surface area contributed by atoms with Gasteiger partial charge in [-0.15, -0.1) is 0 Å². The third-order valence-corrected chi connectivity index (χ3v) is 6.32. The molecule has 160 valence electrons. The zero-order chi connectivity index (χ0) is 21.2. The van der Waals surface area contributed by atoms with Crippen LogP contribution in [-0.4, -0.2) is 57.5 Å². The van der Waals surface area contributed by atoms with Gasteiger partial charge in [0.1, 0.15) is 12.6 Å². The van der Waals surface area contributed by atoms with E-state index in [4.69, 9.17) is 9.47 Å².